The van der Waals surface area contributed by atoms with E-state index in [1.54, 1.807) is 12.3 Å². The number of nitrogens with zero attached hydrogens (tertiary/aromatic N) is 1. The second-order valence-electron chi connectivity index (χ2n) is 3.91. The molecule has 2 aromatic rings. The molecule has 17 heavy (non-hydrogen) atoms. The molecule has 1 atom stereocenters. The molecule has 0 fully saturated rings. The van der Waals surface area contributed by atoms with Gasteiger partial charge in [0.15, 0.2) is 5.75 Å². The smallest absolute Gasteiger partial charge is 0.164 e. The van der Waals surface area contributed by atoms with Crippen LogP contribution in [0.2, 0.25) is 10.0 Å². The minimum absolute atomic E-state index is 0.0962. The zero-order valence-corrected chi connectivity index (χ0v) is 11.2. The maximum atomic E-state index is 6.16. The summed E-state index contributed by atoms with van der Waals surface area (Å²) < 4.78 is 5.81. The van der Waals surface area contributed by atoms with Crippen LogP contribution in [0.1, 0.15) is 20.3 Å². The topological polar surface area (TPSA) is 22.1 Å². The molecule has 0 N–H and O–H groups in total. The van der Waals surface area contributed by atoms with Gasteiger partial charge in [-0.15, -0.1) is 0 Å². The van der Waals surface area contributed by atoms with Crippen molar-refractivity contribution in [2.45, 2.75) is 26.4 Å². The third-order valence-corrected chi connectivity index (χ3v) is 3.24. The lowest BCUT2D eigenvalue weighted by Gasteiger charge is -2.16. The quantitative estimate of drug-likeness (QED) is 0.805. The predicted octanol–water partition coefficient (Wildman–Crippen LogP) is 4.72. The monoisotopic (exact) mass is 269 g/mol. The van der Waals surface area contributed by atoms with E-state index in [4.69, 9.17) is 27.9 Å². The van der Waals surface area contributed by atoms with Crippen molar-refractivity contribution in [3.8, 4) is 5.75 Å². The molecule has 1 aromatic heterocycles. The van der Waals surface area contributed by atoms with Gasteiger partial charge in [-0.05, 0) is 31.5 Å². The summed E-state index contributed by atoms with van der Waals surface area (Å²) in [4.78, 5) is 4.30. The van der Waals surface area contributed by atoms with Crippen LogP contribution in [0, 0.1) is 0 Å². The van der Waals surface area contributed by atoms with Crippen LogP contribution in [0.3, 0.4) is 0 Å². The normalized spacial score (nSPS) is 12.7. The Balaban J connectivity index is 2.61. The molecular weight excluding hydrogens is 257 g/mol. The number of halogens is 2. The molecule has 2 nitrogen and oxygen atoms in total. The number of aromatic nitrogens is 1. The fourth-order valence-electron chi connectivity index (χ4n) is 1.54. The summed E-state index contributed by atoms with van der Waals surface area (Å²) in [6, 6.07) is 5.45. The maximum absolute atomic E-state index is 6.16. The van der Waals surface area contributed by atoms with E-state index in [-0.39, 0.29) is 6.10 Å². The lowest BCUT2D eigenvalue weighted by molar-refractivity contribution is 0.220. The average Bonchev–Trinajstić information content (AvgIpc) is 2.34. The molecule has 0 amide bonds. The van der Waals surface area contributed by atoms with E-state index in [2.05, 4.69) is 11.9 Å². The lowest BCUT2D eigenvalue weighted by Crippen LogP contribution is -2.10. The first-order chi connectivity index (χ1) is 8.13. The molecular formula is C13H13Cl2NO. The van der Waals surface area contributed by atoms with Crippen LogP contribution >= 0.6 is 23.2 Å². The molecule has 0 saturated heterocycles. The van der Waals surface area contributed by atoms with E-state index in [9.17, 15) is 0 Å². The third-order valence-electron chi connectivity index (χ3n) is 2.64. The first kappa shape index (κ1) is 12.5. The van der Waals surface area contributed by atoms with E-state index in [1.807, 2.05) is 19.1 Å². The Bertz CT molecular complexity index is 542. The standard InChI is InChI=1S/C13H13Cl2NO/c1-3-8(2)17-13-11(15)7-10(14)9-5-4-6-16-12(9)13/h4-8H,3H2,1-2H3. The van der Waals surface area contributed by atoms with Gasteiger partial charge in [0.25, 0.3) is 0 Å². The molecule has 0 radical (unpaired) electrons. The van der Waals surface area contributed by atoms with Gasteiger partial charge < -0.3 is 4.74 Å². The highest BCUT2D eigenvalue weighted by atomic mass is 35.5. The number of ether oxygens (including phenoxy) is 1. The summed E-state index contributed by atoms with van der Waals surface area (Å²) in [7, 11) is 0. The van der Waals surface area contributed by atoms with E-state index >= 15 is 0 Å². The minimum Gasteiger partial charge on any atom is -0.487 e. The van der Waals surface area contributed by atoms with Crippen molar-refractivity contribution in [2.75, 3.05) is 0 Å². The van der Waals surface area contributed by atoms with Crippen LogP contribution in [0.15, 0.2) is 24.4 Å². The van der Waals surface area contributed by atoms with Gasteiger partial charge in [0.2, 0.25) is 0 Å². The van der Waals surface area contributed by atoms with E-state index in [1.165, 1.54) is 0 Å². The molecule has 2 rings (SSSR count). The first-order valence-corrected chi connectivity index (χ1v) is 6.28. The predicted molar refractivity (Wildman–Crippen MR) is 72.1 cm³/mol. The average molecular weight is 270 g/mol. The molecule has 1 heterocycles. The molecule has 0 spiro atoms. The van der Waals surface area contributed by atoms with Gasteiger partial charge in [0.05, 0.1) is 16.1 Å². The zero-order valence-electron chi connectivity index (χ0n) is 9.71. The van der Waals surface area contributed by atoms with Crippen LogP contribution < -0.4 is 4.74 Å². The van der Waals surface area contributed by atoms with Crippen molar-refractivity contribution in [1.82, 2.24) is 4.98 Å². The van der Waals surface area contributed by atoms with Gasteiger partial charge in [-0.1, -0.05) is 30.1 Å². The molecule has 1 unspecified atom stereocenters. The van der Waals surface area contributed by atoms with E-state index in [0.29, 0.717) is 21.3 Å². The van der Waals surface area contributed by atoms with Crippen LogP contribution in [0.5, 0.6) is 5.75 Å². The molecule has 0 aliphatic heterocycles. The van der Waals surface area contributed by atoms with Crippen molar-refractivity contribution in [1.29, 1.82) is 0 Å². The van der Waals surface area contributed by atoms with Crippen molar-refractivity contribution in [3.63, 3.8) is 0 Å². The van der Waals surface area contributed by atoms with Crippen molar-refractivity contribution in [2.24, 2.45) is 0 Å². The number of hydrogen-bond donors (Lipinski definition) is 0. The molecule has 4 heteroatoms. The highest BCUT2D eigenvalue weighted by molar-refractivity contribution is 6.39. The maximum Gasteiger partial charge on any atom is 0.164 e. The van der Waals surface area contributed by atoms with Gasteiger partial charge in [-0.2, -0.15) is 0 Å². The summed E-state index contributed by atoms with van der Waals surface area (Å²) >= 11 is 12.3. The summed E-state index contributed by atoms with van der Waals surface area (Å²) in [6.45, 7) is 4.06. The summed E-state index contributed by atoms with van der Waals surface area (Å²) in [5.41, 5.74) is 0.713. The number of rotatable bonds is 3. The Hall–Kier alpha value is -0.990. The highest BCUT2D eigenvalue weighted by Crippen LogP contribution is 2.37. The van der Waals surface area contributed by atoms with Crippen LogP contribution in [0.25, 0.3) is 10.9 Å². The van der Waals surface area contributed by atoms with Crippen molar-refractivity contribution in [3.05, 3.63) is 34.4 Å². The van der Waals surface area contributed by atoms with Gasteiger partial charge in [-0.25, -0.2) is 0 Å². The van der Waals surface area contributed by atoms with Crippen LogP contribution in [0.4, 0.5) is 0 Å². The van der Waals surface area contributed by atoms with Crippen molar-refractivity contribution < 1.29 is 4.74 Å². The van der Waals surface area contributed by atoms with Gasteiger partial charge in [0.1, 0.15) is 5.52 Å². The summed E-state index contributed by atoms with van der Waals surface area (Å²) in [6.07, 6.45) is 2.71. The SMILES string of the molecule is CCC(C)Oc1c(Cl)cc(Cl)c2cccnc12. The Morgan fingerprint density at radius 2 is 2.12 bits per heavy atom. The summed E-state index contributed by atoms with van der Waals surface area (Å²) in [5.74, 6) is 0.612. The zero-order chi connectivity index (χ0) is 12.4. The molecule has 0 aliphatic carbocycles. The number of benzene rings is 1. The van der Waals surface area contributed by atoms with Gasteiger partial charge >= 0.3 is 0 Å². The second-order valence-corrected chi connectivity index (χ2v) is 4.72. The largest absolute Gasteiger partial charge is 0.487 e. The number of hydrogen-bond acceptors (Lipinski definition) is 2. The number of fused-ring (bicyclic) bond motifs is 1. The van der Waals surface area contributed by atoms with E-state index in [0.717, 1.165) is 11.8 Å². The van der Waals surface area contributed by atoms with Gasteiger partial charge in [-0.3, -0.25) is 4.98 Å². The summed E-state index contributed by atoms with van der Waals surface area (Å²) in [5, 5.41) is 1.95. The molecule has 0 bridgehead atoms. The third kappa shape index (κ3) is 2.48. The Morgan fingerprint density at radius 1 is 1.35 bits per heavy atom. The lowest BCUT2D eigenvalue weighted by atomic mass is 10.2. The van der Waals surface area contributed by atoms with Gasteiger partial charge in [0, 0.05) is 11.6 Å². The van der Waals surface area contributed by atoms with Crippen LogP contribution in [-0.2, 0) is 0 Å². The molecule has 0 aliphatic rings. The second kappa shape index (κ2) is 5.11. The van der Waals surface area contributed by atoms with Crippen LogP contribution in [-0.4, -0.2) is 11.1 Å². The van der Waals surface area contributed by atoms with E-state index < -0.39 is 0 Å². The molecule has 90 valence electrons. The van der Waals surface area contributed by atoms with Crippen molar-refractivity contribution >= 4 is 34.1 Å². The Kier molecular flexibility index (Phi) is 3.75. The number of pyridine rings is 1. The molecule has 1 aromatic carbocycles. The fraction of sp³-hybridized carbons (Fsp3) is 0.308. The highest BCUT2D eigenvalue weighted by Gasteiger charge is 2.14. The fourth-order valence-corrected chi connectivity index (χ4v) is 2.10. The minimum atomic E-state index is 0.0962. The Labute approximate surface area is 111 Å². The molecule has 0 saturated carbocycles. The first-order valence-electron chi connectivity index (χ1n) is 5.52. The Morgan fingerprint density at radius 3 is 2.82 bits per heavy atom.